The van der Waals surface area contributed by atoms with Crippen molar-refractivity contribution in [1.29, 1.82) is 0 Å². The lowest BCUT2D eigenvalue weighted by Crippen LogP contribution is -2.13. The van der Waals surface area contributed by atoms with Crippen molar-refractivity contribution in [3.63, 3.8) is 0 Å². The number of halogens is 4. The molecule has 9 heteroatoms. The molecule has 1 aromatic rings. The van der Waals surface area contributed by atoms with Crippen molar-refractivity contribution < 1.29 is 30.2 Å². The van der Waals surface area contributed by atoms with E-state index in [0.29, 0.717) is 12.3 Å². The van der Waals surface area contributed by atoms with E-state index >= 15 is 0 Å². The zero-order chi connectivity index (χ0) is 12.6. The van der Waals surface area contributed by atoms with Crippen molar-refractivity contribution in [1.82, 2.24) is 4.98 Å². The van der Waals surface area contributed by atoms with Gasteiger partial charge in [0.2, 0.25) is 5.88 Å². The van der Waals surface area contributed by atoms with E-state index in [4.69, 9.17) is 0 Å². The molecule has 0 radical (unpaired) electrons. The van der Waals surface area contributed by atoms with Gasteiger partial charge >= 0.3 is 16.4 Å². The van der Waals surface area contributed by atoms with Gasteiger partial charge in [0.15, 0.2) is 4.90 Å². The molecule has 0 saturated heterocycles. The van der Waals surface area contributed by atoms with Crippen LogP contribution < -0.4 is 4.74 Å². The topological polar surface area (TPSA) is 56.3 Å². The first kappa shape index (κ1) is 12.7. The van der Waals surface area contributed by atoms with Crippen LogP contribution in [0.1, 0.15) is 5.56 Å². The Hall–Kier alpha value is -1.38. The third-order valence-corrected chi connectivity index (χ3v) is 2.50. The van der Waals surface area contributed by atoms with E-state index in [9.17, 15) is 25.5 Å². The summed E-state index contributed by atoms with van der Waals surface area (Å²) in [5.41, 5.74) is -1.65. The smallest absolute Gasteiger partial charge is 0.418 e. The molecule has 1 rings (SSSR count). The summed E-state index contributed by atoms with van der Waals surface area (Å²) in [4.78, 5) is 1.59. The van der Waals surface area contributed by atoms with Crippen LogP contribution in [-0.4, -0.2) is 20.5 Å². The minimum atomic E-state index is -5.57. The number of alkyl halides is 3. The number of hydrogen-bond acceptors (Lipinski definition) is 4. The average Bonchev–Trinajstić information content (AvgIpc) is 2.13. The molecule has 16 heavy (non-hydrogen) atoms. The molecule has 4 nitrogen and oxygen atoms in total. The SMILES string of the molecule is COc1nccc(C(F)(F)F)c1S(=O)(=O)F. The fourth-order valence-corrected chi connectivity index (χ4v) is 1.82. The number of pyridine rings is 1. The minimum absolute atomic E-state index is 0.356. The summed E-state index contributed by atoms with van der Waals surface area (Å²) in [5.74, 6) is -0.933. The second kappa shape index (κ2) is 3.89. The van der Waals surface area contributed by atoms with Crippen LogP contribution in [0.2, 0.25) is 0 Å². The lowest BCUT2D eigenvalue weighted by Gasteiger charge is -2.11. The van der Waals surface area contributed by atoms with Crippen LogP contribution >= 0.6 is 0 Å². The maximum atomic E-state index is 12.7. The minimum Gasteiger partial charge on any atom is -0.480 e. The molecular formula is C7H5F4NO3S. The first-order valence-corrected chi connectivity index (χ1v) is 5.11. The largest absolute Gasteiger partial charge is 0.480 e. The van der Waals surface area contributed by atoms with Gasteiger partial charge in [-0.05, 0) is 6.07 Å². The molecule has 0 bridgehead atoms. The normalized spacial score (nSPS) is 12.6. The second-order valence-corrected chi connectivity index (χ2v) is 3.92. The summed E-state index contributed by atoms with van der Waals surface area (Å²) in [6, 6.07) is 0.356. The molecule has 0 N–H and O–H groups in total. The van der Waals surface area contributed by atoms with Crippen LogP contribution in [0.25, 0.3) is 0 Å². The molecule has 0 aliphatic rings. The molecule has 0 aliphatic carbocycles. The number of hydrogen-bond donors (Lipinski definition) is 0. The highest BCUT2D eigenvalue weighted by Gasteiger charge is 2.40. The quantitative estimate of drug-likeness (QED) is 0.600. The molecule has 1 aromatic heterocycles. The Morgan fingerprint density at radius 1 is 1.38 bits per heavy atom. The lowest BCUT2D eigenvalue weighted by molar-refractivity contribution is -0.140. The van der Waals surface area contributed by atoms with Crippen molar-refractivity contribution in [2.24, 2.45) is 0 Å². The average molecular weight is 259 g/mol. The van der Waals surface area contributed by atoms with Crippen molar-refractivity contribution in [3.8, 4) is 5.88 Å². The Morgan fingerprint density at radius 2 is 1.94 bits per heavy atom. The van der Waals surface area contributed by atoms with Crippen LogP contribution in [0.15, 0.2) is 17.2 Å². The molecule has 0 unspecified atom stereocenters. The standard InChI is InChI=1S/C7H5F4NO3S/c1-15-6-5(16(11,13)14)4(2-3-12-6)7(8,9)10/h2-3H,1H3. The maximum Gasteiger partial charge on any atom is 0.418 e. The van der Waals surface area contributed by atoms with E-state index in [-0.39, 0.29) is 0 Å². The summed E-state index contributed by atoms with van der Waals surface area (Å²) in [7, 11) is -4.68. The van der Waals surface area contributed by atoms with Gasteiger partial charge in [-0.3, -0.25) is 0 Å². The second-order valence-electron chi connectivity index (χ2n) is 2.63. The molecule has 0 aliphatic heterocycles. The molecule has 90 valence electrons. The molecule has 0 saturated carbocycles. The summed E-state index contributed by atoms with van der Waals surface area (Å²) < 4.78 is 75.3. The van der Waals surface area contributed by atoms with Crippen molar-refractivity contribution >= 4 is 10.2 Å². The van der Waals surface area contributed by atoms with Gasteiger partial charge in [-0.1, -0.05) is 0 Å². The predicted octanol–water partition coefficient (Wildman–Crippen LogP) is 1.77. The molecule has 0 atom stereocenters. The van der Waals surface area contributed by atoms with Gasteiger partial charge < -0.3 is 4.74 Å². The van der Waals surface area contributed by atoms with Crippen LogP contribution in [0.3, 0.4) is 0 Å². The van der Waals surface area contributed by atoms with Crippen LogP contribution in [0, 0.1) is 0 Å². The van der Waals surface area contributed by atoms with E-state index in [0.717, 1.165) is 7.11 Å². The van der Waals surface area contributed by atoms with Gasteiger partial charge in [-0.2, -0.15) is 21.6 Å². The first-order valence-electron chi connectivity index (χ1n) is 3.72. The summed E-state index contributed by atoms with van der Waals surface area (Å²) >= 11 is 0. The van der Waals surface area contributed by atoms with Crippen LogP contribution in [-0.2, 0) is 16.4 Å². The fraction of sp³-hybridized carbons (Fsp3) is 0.286. The van der Waals surface area contributed by atoms with E-state index in [2.05, 4.69) is 9.72 Å². The molecule has 0 spiro atoms. The van der Waals surface area contributed by atoms with E-state index in [1.165, 1.54) is 0 Å². The van der Waals surface area contributed by atoms with Crippen molar-refractivity contribution in [2.75, 3.05) is 7.11 Å². The van der Waals surface area contributed by atoms with Crippen molar-refractivity contribution in [2.45, 2.75) is 11.1 Å². The van der Waals surface area contributed by atoms with E-state index < -0.39 is 32.7 Å². The first-order chi connectivity index (χ1) is 7.18. The number of aromatic nitrogens is 1. The summed E-state index contributed by atoms with van der Waals surface area (Å²) in [6.07, 6.45) is -4.33. The van der Waals surface area contributed by atoms with E-state index in [1.54, 1.807) is 0 Å². The Bertz CT molecular complexity index is 497. The van der Waals surface area contributed by atoms with Gasteiger partial charge in [0, 0.05) is 6.20 Å². The monoisotopic (exact) mass is 259 g/mol. The van der Waals surface area contributed by atoms with Crippen LogP contribution in [0.4, 0.5) is 17.1 Å². The van der Waals surface area contributed by atoms with Crippen LogP contribution in [0.5, 0.6) is 5.88 Å². The van der Waals surface area contributed by atoms with Gasteiger partial charge in [-0.15, -0.1) is 3.89 Å². The number of ether oxygens (including phenoxy) is 1. The fourth-order valence-electron chi connectivity index (χ4n) is 1.03. The highest BCUT2D eigenvalue weighted by molar-refractivity contribution is 7.86. The maximum absolute atomic E-state index is 12.7. The summed E-state index contributed by atoms with van der Waals surface area (Å²) in [6.45, 7) is 0. The zero-order valence-corrected chi connectivity index (χ0v) is 8.56. The summed E-state index contributed by atoms with van der Waals surface area (Å²) in [5, 5.41) is 0. The number of rotatable bonds is 2. The van der Waals surface area contributed by atoms with Crippen molar-refractivity contribution in [3.05, 3.63) is 17.8 Å². The molecule has 0 aromatic carbocycles. The van der Waals surface area contributed by atoms with E-state index in [1.807, 2.05) is 0 Å². The highest BCUT2D eigenvalue weighted by atomic mass is 32.3. The predicted molar refractivity (Wildman–Crippen MR) is 44.1 cm³/mol. The van der Waals surface area contributed by atoms with Gasteiger partial charge in [0.05, 0.1) is 12.7 Å². The third-order valence-electron chi connectivity index (χ3n) is 1.61. The highest BCUT2D eigenvalue weighted by Crippen LogP contribution is 2.38. The zero-order valence-electron chi connectivity index (χ0n) is 7.75. The Balaban J connectivity index is 3.65. The number of nitrogens with zero attached hydrogens (tertiary/aromatic N) is 1. The van der Waals surface area contributed by atoms with Gasteiger partial charge in [0.1, 0.15) is 0 Å². The Morgan fingerprint density at radius 3 is 2.31 bits per heavy atom. The molecule has 0 fully saturated rings. The molecular weight excluding hydrogens is 254 g/mol. The Labute approximate surface area is 88.1 Å². The third kappa shape index (κ3) is 2.40. The molecule has 0 amide bonds. The van der Waals surface area contributed by atoms with Gasteiger partial charge in [-0.25, -0.2) is 4.98 Å². The number of methoxy groups -OCH3 is 1. The lowest BCUT2D eigenvalue weighted by atomic mass is 10.2. The Kier molecular flexibility index (Phi) is 3.08. The van der Waals surface area contributed by atoms with Gasteiger partial charge in [0.25, 0.3) is 0 Å². The molecule has 1 heterocycles.